The second-order valence-electron chi connectivity index (χ2n) is 5.45. The smallest absolute Gasteiger partial charge is 0.342 e. The van der Waals surface area contributed by atoms with Crippen molar-refractivity contribution in [3.8, 4) is 28.7 Å². The highest BCUT2D eigenvalue weighted by Gasteiger charge is 2.22. The predicted molar refractivity (Wildman–Crippen MR) is 100 cm³/mol. The van der Waals surface area contributed by atoms with Crippen molar-refractivity contribution in [3.05, 3.63) is 41.5 Å². The molecule has 0 heterocycles. The van der Waals surface area contributed by atoms with Crippen molar-refractivity contribution in [1.29, 1.82) is 0 Å². The standard InChI is InChI=1S/C20H22O8/c1-23-15-8-6-12(10-17(15)25-3)14(21)11-28-20(22)13-7-9-16(24-2)19(27-5)18(13)26-4/h6-10H,11H2,1-5H3. The van der Waals surface area contributed by atoms with Crippen molar-refractivity contribution >= 4 is 11.8 Å². The summed E-state index contributed by atoms with van der Waals surface area (Å²) in [7, 11) is 7.25. The van der Waals surface area contributed by atoms with E-state index in [-0.39, 0.29) is 17.1 Å². The number of methoxy groups -OCH3 is 5. The van der Waals surface area contributed by atoms with E-state index in [1.807, 2.05) is 0 Å². The Balaban J connectivity index is 2.17. The van der Waals surface area contributed by atoms with Crippen LogP contribution in [0.15, 0.2) is 30.3 Å². The van der Waals surface area contributed by atoms with Gasteiger partial charge in [-0.3, -0.25) is 4.79 Å². The van der Waals surface area contributed by atoms with Crippen LogP contribution in [0.5, 0.6) is 28.7 Å². The number of rotatable bonds is 9. The van der Waals surface area contributed by atoms with Gasteiger partial charge >= 0.3 is 5.97 Å². The van der Waals surface area contributed by atoms with Gasteiger partial charge in [0.2, 0.25) is 5.75 Å². The second kappa shape index (κ2) is 9.50. The van der Waals surface area contributed by atoms with Crippen molar-refractivity contribution in [1.82, 2.24) is 0 Å². The molecule has 0 aliphatic rings. The molecule has 150 valence electrons. The van der Waals surface area contributed by atoms with Crippen LogP contribution in [0.4, 0.5) is 0 Å². The molecule has 0 saturated carbocycles. The molecule has 0 aromatic heterocycles. The number of carbonyl (C=O) groups is 2. The molecule has 2 aromatic carbocycles. The lowest BCUT2D eigenvalue weighted by molar-refractivity contribution is 0.0471. The minimum absolute atomic E-state index is 0.111. The number of ketones is 1. The fourth-order valence-corrected chi connectivity index (χ4v) is 2.56. The van der Waals surface area contributed by atoms with Crippen LogP contribution >= 0.6 is 0 Å². The molecule has 0 saturated heterocycles. The highest BCUT2D eigenvalue weighted by Crippen LogP contribution is 2.40. The Morgan fingerprint density at radius 3 is 1.89 bits per heavy atom. The number of benzene rings is 2. The van der Waals surface area contributed by atoms with Gasteiger partial charge in [-0.15, -0.1) is 0 Å². The van der Waals surface area contributed by atoms with Crippen LogP contribution in [0, 0.1) is 0 Å². The summed E-state index contributed by atoms with van der Waals surface area (Å²) in [6, 6.07) is 7.71. The van der Waals surface area contributed by atoms with Crippen LogP contribution in [0.2, 0.25) is 0 Å². The molecule has 0 aliphatic carbocycles. The van der Waals surface area contributed by atoms with Crippen LogP contribution in [-0.4, -0.2) is 53.9 Å². The van der Waals surface area contributed by atoms with Crippen LogP contribution < -0.4 is 23.7 Å². The largest absolute Gasteiger partial charge is 0.493 e. The average Bonchev–Trinajstić information content (AvgIpc) is 2.75. The third-order valence-corrected chi connectivity index (χ3v) is 3.96. The van der Waals surface area contributed by atoms with Crippen molar-refractivity contribution < 1.29 is 38.0 Å². The Kier molecular flexibility index (Phi) is 7.08. The number of esters is 1. The summed E-state index contributed by atoms with van der Waals surface area (Å²) in [6.07, 6.45) is 0. The van der Waals surface area contributed by atoms with Crippen molar-refractivity contribution in [2.45, 2.75) is 0 Å². The first kappa shape index (κ1) is 20.9. The first-order valence-electron chi connectivity index (χ1n) is 8.22. The number of hydrogen-bond donors (Lipinski definition) is 0. The Labute approximate surface area is 162 Å². The zero-order valence-electron chi connectivity index (χ0n) is 16.4. The van der Waals surface area contributed by atoms with Crippen LogP contribution in [0.1, 0.15) is 20.7 Å². The van der Waals surface area contributed by atoms with E-state index in [9.17, 15) is 9.59 Å². The summed E-state index contributed by atoms with van der Waals surface area (Å²) >= 11 is 0. The van der Waals surface area contributed by atoms with E-state index in [0.29, 0.717) is 22.8 Å². The van der Waals surface area contributed by atoms with Gasteiger partial charge in [-0.2, -0.15) is 0 Å². The fraction of sp³-hybridized carbons (Fsp3) is 0.300. The third-order valence-electron chi connectivity index (χ3n) is 3.96. The Morgan fingerprint density at radius 2 is 1.32 bits per heavy atom. The van der Waals surface area contributed by atoms with Crippen molar-refractivity contribution in [3.63, 3.8) is 0 Å². The van der Waals surface area contributed by atoms with Gasteiger partial charge in [0.15, 0.2) is 35.4 Å². The molecule has 0 amide bonds. The monoisotopic (exact) mass is 390 g/mol. The van der Waals surface area contributed by atoms with Crippen LogP contribution in [0.3, 0.4) is 0 Å². The van der Waals surface area contributed by atoms with E-state index < -0.39 is 18.4 Å². The molecular formula is C20H22O8. The first-order chi connectivity index (χ1) is 13.5. The molecule has 8 heteroatoms. The summed E-state index contributed by atoms with van der Waals surface area (Å²) in [5.41, 5.74) is 0.435. The lowest BCUT2D eigenvalue weighted by Gasteiger charge is -2.15. The summed E-state index contributed by atoms with van der Waals surface area (Å²) in [5, 5.41) is 0. The van der Waals surface area contributed by atoms with Gasteiger partial charge < -0.3 is 28.4 Å². The number of hydrogen-bond acceptors (Lipinski definition) is 8. The maximum absolute atomic E-state index is 12.5. The highest BCUT2D eigenvalue weighted by molar-refractivity contribution is 6.00. The van der Waals surface area contributed by atoms with E-state index in [1.165, 1.54) is 47.7 Å². The zero-order valence-corrected chi connectivity index (χ0v) is 16.4. The Bertz CT molecular complexity index is 860. The van der Waals surface area contributed by atoms with Crippen molar-refractivity contribution in [2.24, 2.45) is 0 Å². The van der Waals surface area contributed by atoms with Crippen molar-refractivity contribution in [2.75, 3.05) is 42.2 Å². The van der Waals surface area contributed by atoms with Gasteiger partial charge in [0.1, 0.15) is 5.56 Å². The number of carbonyl (C=O) groups excluding carboxylic acids is 2. The quantitative estimate of drug-likeness (QED) is 0.477. The van der Waals surface area contributed by atoms with E-state index in [4.69, 9.17) is 28.4 Å². The van der Waals surface area contributed by atoms with E-state index in [0.717, 1.165) is 0 Å². The maximum atomic E-state index is 12.5. The molecule has 0 radical (unpaired) electrons. The molecule has 8 nitrogen and oxygen atoms in total. The normalized spacial score (nSPS) is 10.0. The fourth-order valence-electron chi connectivity index (χ4n) is 2.56. The predicted octanol–water partition coefficient (Wildman–Crippen LogP) is 2.77. The average molecular weight is 390 g/mol. The molecule has 2 aromatic rings. The SMILES string of the molecule is COc1ccc(C(=O)COC(=O)c2ccc(OC)c(OC)c2OC)cc1OC. The van der Waals surface area contributed by atoms with Crippen LogP contribution in [0.25, 0.3) is 0 Å². The van der Waals surface area contributed by atoms with Gasteiger partial charge in [0.25, 0.3) is 0 Å². The zero-order chi connectivity index (χ0) is 20.7. The Morgan fingerprint density at radius 1 is 0.714 bits per heavy atom. The van der Waals surface area contributed by atoms with Crippen LogP contribution in [-0.2, 0) is 4.74 Å². The summed E-state index contributed by atoms with van der Waals surface area (Å²) in [4.78, 5) is 24.8. The maximum Gasteiger partial charge on any atom is 0.342 e. The molecule has 0 bridgehead atoms. The molecule has 0 spiro atoms. The molecule has 0 fully saturated rings. The summed E-state index contributed by atoms with van der Waals surface area (Å²) < 4.78 is 31.1. The molecule has 0 aliphatic heterocycles. The molecule has 2 rings (SSSR count). The van der Waals surface area contributed by atoms with E-state index >= 15 is 0 Å². The second-order valence-corrected chi connectivity index (χ2v) is 5.45. The number of Topliss-reactive ketones (excluding diaryl/α,β-unsaturated/α-hetero) is 1. The molecule has 0 atom stereocenters. The number of ether oxygens (including phenoxy) is 6. The van der Waals surface area contributed by atoms with Gasteiger partial charge in [-0.25, -0.2) is 4.79 Å². The van der Waals surface area contributed by atoms with Gasteiger partial charge in [0, 0.05) is 5.56 Å². The van der Waals surface area contributed by atoms with Gasteiger partial charge in [-0.05, 0) is 30.3 Å². The van der Waals surface area contributed by atoms with E-state index in [1.54, 1.807) is 18.2 Å². The lowest BCUT2D eigenvalue weighted by atomic mass is 10.1. The first-order valence-corrected chi connectivity index (χ1v) is 8.22. The minimum Gasteiger partial charge on any atom is -0.493 e. The van der Waals surface area contributed by atoms with Gasteiger partial charge in [-0.1, -0.05) is 0 Å². The topological polar surface area (TPSA) is 89.5 Å². The highest BCUT2D eigenvalue weighted by atomic mass is 16.5. The molecule has 0 N–H and O–H groups in total. The van der Waals surface area contributed by atoms with Gasteiger partial charge in [0.05, 0.1) is 35.5 Å². The summed E-state index contributed by atoms with van der Waals surface area (Å²) in [5.74, 6) is 0.584. The lowest BCUT2D eigenvalue weighted by Crippen LogP contribution is -2.15. The Hall–Kier alpha value is -3.42. The van der Waals surface area contributed by atoms with E-state index in [2.05, 4.69) is 0 Å². The summed E-state index contributed by atoms with van der Waals surface area (Å²) in [6.45, 7) is -0.453. The molecular weight excluding hydrogens is 368 g/mol. The molecule has 0 unspecified atom stereocenters. The minimum atomic E-state index is -0.730. The molecule has 28 heavy (non-hydrogen) atoms. The third kappa shape index (κ3) is 4.28.